The number of carbonyl (C=O) groups is 1. The molecule has 1 aromatic heterocycles. The molecular weight excluding hydrogens is 296 g/mol. The molecule has 126 valence electrons. The van der Waals surface area contributed by atoms with Gasteiger partial charge in [0.05, 0.1) is 24.4 Å². The minimum Gasteiger partial charge on any atom is -0.383 e. The summed E-state index contributed by atoms with van der Waals surface area (Å²) in [7, 11) is 1.62. The van der Waals surface area contributed by atoms with Crippen molar-refractivity contribution in [1.29, 1.82) is 0 Å². The number of nitrogens with zero attached hydrogens (tertiary/aromatic N) is 3. The van der Waals surface area contributed by atoms with Crippen LogP contribution in [0.4, 0.5) is 5.82 Å². The summed E-state index contributed by atoms with van der Waals surface area (Å²) in [6.07, 6.45) is 2.32. The van der Waals surface area contributed by atoms with Gasteiger partial charge in [-0.2, -0.15) is 5.10 Å². The summed E-state index contributed by atoms with van der Waals surface area (Å²) in [5, 5.41) is 11.3. The number of hydrogen-bond acceptors (Lipinski definition) is 6. The standard InChI is InChI=1S/C16H24N4O3/c1-11-3-6-15(19-18-11)20-9-7-13-12(20)4-5-14(23-13)16(21)17-8-10-22-2/h3,6,12-14H,4-5,7-10H2,1-2H3,(H,17,21)/t12-,13-,14-/m1/s1. The van der Waals surface area contributed by atoms with Crippen LogP contribution >= 0.6 is 0 Å². The van der Waals surface area contributed by atoms with Crippen LogP contribution in [0, 0.1) is 6.92 Å². The Bertz CT molecular complexity index is 537. The predicted molar refractivity (Wildman–Crippen MR) is 85.3 cm³/mol. The number of amides is 1. The predicted octanol–water partition coefficient (Wildman–Crippen LogP) is 0.674. The number of methoxy groups -OCH3 is 1. The number of anilines is 1. The van der Waals surface area contributed by atoms with E-state index in [0.717, 1.165) is 37.3 Å². The molecule has 0 bridgehead atoms. The third kappa shape index (κ3) is 3.61. The van der Waals surface area contributed by atoms with E-state index >= 15 is 0 Å². The zero-order chi connectivity index (χ0) is 16.2. The molecule has 0 spiro atoms. The van der Waals surface area contributed by atoms with Gasteiger partial charge in [-0.1, -0.05) is 0 Å². The minimum atomic E-state index is -0.350. The molecule has 23 heavy (non-hydrogen) atoms. The van der Waals surface area contributed by atoms with Gasteiger partial charge in [0.25, 0.3) is 0 Å². The second-order valence-corrected chi connectivity index (χ2v) is 6.11. The van der Waals surface area contributed by atoms with E-state index in [1.54, 1.807) is 7.11 Å². The van der Waals surface area contributed by atoms with E-state index in [-0.39, 0.29) is 24.2 Å². The number of carbonyl (C=O) groups excluding carboxylic acids is 1. The normalized spacial score (nSPS) is 26.9. The molecule has 0 aromatic carbocycles. The number of ether oxygens (including phenoxy) is 2. The van der Waals surface area contributed by atoms with Crippen LogP contribution in [-0.2, 0) is 14.3 Å². The van der Waals surface area contributed by atoms with Crippen LogP contribution in [0.3, 0.4) is 0 Å². The lowest BCUT2D eigenvalue weighted by molar-refractivity contribution is -0.141. The fourth-order valence-corrected chi connectivity index (χ4v) is 3.34. The maximum absolute atomic E-state index is 12.1. The molecule has 0 aliphatic carbocycles. The third-order valence-corrected chi connectivity index (χ3v) is 4.52. The highest BCUT2D eigenvalue weighted by Gasteiger charge is 2.42. The van der Waals surface area contributed by atoms with Crippen LogP contribution < -0.4 is 10.2 Å². The highest BCUT2D eigenvalue weighted by Crippen LogP contribution is 2.33. The van der Waals surface area contributed by atoms with Gasteiger partial charge in [0, 0.05) is 20.2 Å². The van der Waals surface area contributed by atoms with Gasteiger partial charge < -0.3 is 19.7 Å². The molecule has 0 saturated carbocycles. The highest BCUT2D eigenvalue weighted by molar-refractivity contribution is 5.80. The molecule has 3 atom stereocenters. The van der Waals surface area contributed by atoms with Crippen molar-refractivity contribution >= 4 is 11.7 Å². The second kappa shape index (κ2) is 7.23. The van der Waals surface area contributed by atoms with E-state index in [1.807, 2.05) is 19.1 Å². The Morgan fingerprint density at radius 3 is 3.00 bits per heavy atom. The van der Waals surface area contributed by atoms with Crippen LogP contribution in [0.15, 0.2) is 12.1 Å². The molecule has 3 rings (SSSR count). The van der Waals surface area contributed by atoms with Crippen molar-refractivity contribution in [2.24, 2.45) is 0 Å². The van der Waals surface area contributed by atoms with E-state index in [1.165, 1.54) is 0 Å². The van der Waals surface area contributed by atoms with E-state index in [4.69, 9.17) is 9.47 Å². The van der Waals surface area contributed by atoms with E-state index < -0.39 is 0 Å². The topological polar surface area (TPSA) is 76.6 Å². The van der Waals surface area contributed by atoms with Crippen LogP contribution in [-0.4, -0.2) is 61.2 Å². The Kier molecular flexibility index (Phi) is 5.07. The number of hydrogen-bond donors (Lipinski definition) is 1. The van der Waals surface area contributed by atoms with Crippen molar-refractivity contribution in [2.75, 3.05) is 31.7 Å². The Balaban J connectivity index is 1.57. The molecular formula is C16H24N4O3. The van der Waals surface area contributed by atoms with Crippen molar-refractivity contribution in [2.45, 2.75) is 44.4 Å². The Hall–Kier alpha value is -1.73. The lowest BCUT2D eigenvalue weighted by Crippen LogP contribution is -2.48. The third-order valence-electron chi connectivity index (χ3n) is 4.52. The van der Waals surface area contributed by atoms with Crippen LogP contribution in [0.5, 0.6) is 0 Å². The summed E-state index contributed by atoms with van der Waals surface area (Å²) in [4.78, 5) is 14.4. The van der Waals surface area contributed by atoms with Gasteiger partial charge >= 0.3 is 0 Å². The molecule has 0 unspecified atom stereocenters. The molecule has 2 aliphatic heterocycles. The summed E-state index contributed by atoms with van der Waals surface area (Å²) >= 11 is 0. The van der Waals surface area contributed by atoms with Crippen LogP contribution in [0.2, 0.25) is 0 Å². The molecule has 7 nitrogen and oxygen atoms in total. The molecule has 1 N–H and O–H groups in total. The number of aryl methyl sites for hydroxylation is 1. The molecule has 1 aromatic rings. The van der Waals surface area contributed by atoms with Crippen molar-refractivity contribution in [1.82, 2.24) is 15.5 Å². The second-order valence-electron chi connectivity index (χ2n) is 6.11. The lowest BCUT2D eigenvalue weighted by Gasteiger charge is -2.35. The number of fused-ring (bicyclic) bond motifs is 1. The van der Waals surface area contributed by atoms with E-state index in [0.29, 0.717) is 13.2 Å². The summed E-state index contributed by atoms with van der Waals surface area (Å²) in [6.45, 7) is 3.86. The molecule has 2 aliphatic rings. The Morgan fingerprint density at radius 1 is 1.39 bits per heavy atom. The summed E-state index contributed by atoms with van der Waals surface area (Å²) in [6, 6.07) is 4.27. The summed E-state index contributed by atoms with van der Waals surface area (Å²) < 4.78 is 11.0. The first kappa shape index (κ1) is 16.1. The summed E-state index contributed by atoms with van der Waals surface area (Å²) in [5.74, 6) is 0.865. The molecule has 7 heteroatoms. The molecule has 2 fully saturated rings. The first-order valence-corrected chi connectivity index (χ1v) is 8.18. The van der Waals surface area contributed by atoms with Gasteiger partial charge in [0.1, 0.15) is 6.10 Å². The molecule has 0 radical (unpaired) electrons. The average Bonchev–Trinajstić information content (AvgIpc) is 2.99. The van der Waals surface area contributed by atoms with Crippen molar-refractivity contribution < 1.29 is 14.3 Å². The zero-order valence-corrected chi connectivity index (χ0v) is 13.7. The molecule has 1 amide bonds. The van der Waals surface area contributed by atoms with Crippen molar-refractivity contribution in [3.8, 4) is 0 Å². The fraction of sp³-hybridized carbons (Fsp3) is 0.688. The Morgan fingerprint density at radius 2 is 2.26 bits per heavy atom. The van der Waals surface area contributed by atoms with Gasteiger partial charge in [0.15, 0.2) is 5.82 Å². The first-order valence-electron chi connectivity index (χ1n) is 8.18. The smallest absolute Gasteiger partial charge is 0.249 e. The van der Waals surface area contributed by atoms with E-state index in [9.17, 15) is 4.79 Å². The van der Waals surface area contributed by atoms with Gasteiger partial charge in [-0.15, -0.1) is 5.10 Å². The quantitative estimate of drug-likeness (QED) is 0.804. The van der Waals surface area contributed by atoms with Crippen LogP contribution in [0.25, 0.3) is 0 Å². The SMILES string of the molecule is COCCNC(=O)[C@H]1CC[C@@H]2[C@@H](CCN2c2ccc(C)nn2)O1. The highest BCUT2D eigenvalue weighted by atomic mass is 16.5. The summed E-state index contributed by atoms with van der Waals surface area (Å²) in [5.41, 5.74) is 0.914. The van der Waals surface area contributed by atoms with Gasteiger partial charge in [-0.3, -0.25) is 4.79 Å². The number of aromatic nitrogens is 2. The number of nitrogens with one attached hydrogen (secondary N) is 1. The Labute approximate surface area is 136 Å². The fourth-order valence-electron chi connectivity index (χ4n) is 3.34. The average molecular weight is 320 g/mol. The molecule has 3 heterocycles. The zero-order valence-electron chi connectivity index (χ0n) is 13.7. The number of rotatable bonds is 5. The van der Waals surface area contributed by atoms with Gasteiger partial charge in [-0.25, -0.2) is 0 Å². The van der Waals surface area contributed by atoms with Crippen molar-refractivity contribution in [3.63, 3.8) is 0 Å². The monoisotopic (exact) mass is 320 g/mol. The lowest BCUT2D eigenvalue weighted by atomic mass is 9.98. The maximum atomic E-state index is 12.1. The van der Waals surface area contributed by atoms with Crippen LogP contribution in [0.1, 0.15) is 25.0 Å². The first-order chi connectivity index (χ1) is 11.2. The van der Waals surface area contributed by atoms with E-state index in [2.05, 4.69) is 20.4 Å². The van der Waals surface area contributed by atoms with Crippen molar-refractivity contribution in [3.05, 3.63) is 17.8 Å². The van der Waals surface area contributed by atoms with Gasteiger partial charge in [0.2, 0.25) is 5.91 Å². The van der Waals surface area contributed by atoms with Gasteiger partial charge in [-0.05, 0) is 38.3 Å². The minimum absolute atomic E-state index is 0.0333. The maximum Gasteiger partial charge on any atom is 0.249 e. The largest absolute Gasteiger partial charge is 0.383 e. The molecule has 2 saturated heterocycles.